The lowest BCUT2D eigenvalue weighted by Crippen LogP contribution is -2.08. The summed E-state index contributed by atoms with van der Waals surface area (Å²) < 4.78 is 29.3. The molecule has 0 radical (unpaired) electrons. The molecular formula is C18H11F2N7. The van der Waals surface area contributed by atoms with Gasteiger partial charge in [-0.25, -0.2) is 23.4 Å². The average Bonchev–Trinajstić information content (AvgIpc) is 3.07. The third kappa shape index (κ3) is 2.93. The minimum atomic E-state index is -0.673. The van der Waals surface area contributed by atoms with E-state index in [0.29, 0.717) is 22.3 Å². The molecule has 0 aliphatic carbocycles. The van der Waals surface area contributed by atoms with Gasteiger partial charge in [-0.3, -0.25) is 0 Å². The van der Waals surface area contributed by atoms with Gasteiger partial charge in [-0.2, -0.15) is 15.3 Å². The van der Waals surface area contributed by atoms with Gasteiger partial charge in [0.1, 0.15) is 23.4 Å². The third-order valence-corrected chi connectivity index (χ3v) is 4.03. The molecule has 0 saturated carbocycles. The summed E-state index contributed by atoms with van der Waals surface area (Å²) in [5.74, 6) is -1.37. The number of hydrogen-bond donors (Lipinski definition) is 1. The number of pyridine rings is 1. The number of benzene rings is 1. The van der Waals surface area contributed by atoms with Crippen molar-refractivity contribution in [3.8, 4) is 17.3 Å². The van der Waals surface area contributed by atoms with E-state index in [9.17, 15) is 8.78 Å². The number of rotatable bonds is 3. The molecule has 0 unspecified atom stereocenters. The van der Waals surface area contributed by atoms with Crippen LogP contribution in [0.15, 0.2) is 42.7 Å². The summed E-state index contributed by atoms with van der Waals surface area (Å²) in [6.07, 6.45) is 2.98. The largest absolute Gasteiger partial charge is 0.368 e. The maximum Gasteiger partial charge on any atom is 0.222 e. The Morgan fingerprint density at radius 1 is 1.15 bits per heavy atom. The van der Waals surface area contributed by atoms with Gasteiger partial charge < -0.3 is 5.73 Å². The molecule has 0 amide bonds. The smallest absolute Gasteiger partial charge is 0.222 e. The Morgan fingerprint density at radius 3 is 2.67 bits per heavy atom. The summed E-state index contributed by atoms with van der Waals surface area (Å²) in [7, 11) is 0. The van der Waals surface area contributed by atoms with Crippen LogP contribution in [0.3, 0.4) is 0 Å². The summed E-state index contributed by atoms with van der Waals surface area (Å²) in [6, 6.07) is 8.86. The van der Waals surface area contributed by atoms with Crippen molar-refractivity contribution in [2.45, 2.75) is 6.54 Å². The van der Waals surface area contributed by atoms with Crippen LogP contribution in [0.25, 0.3) is 22.3 Å². The zero-order chi connectivity index (χ0) is 19.0. The number of fused-ring (bicyclic) bond motifs is 1. The lowest BCUT2D eigenvalue weighted by molar-refractivity contribution is 0.536. The van der Waals surface area contributed by atoms with Crippen molar-refractivity contribution < 1.29 is 8.78 Å². The Kier molecular flexibility index (Phi) is 3.93. The number of aromatic nitrogens is 5. The van der Waals surface area contributed by atoms with Gasteiger partial charge in [-0.05, 0) is 24.3 Å². The molecule has 3 aromatic heterocycles. The molecule has 9 heteroatoms. The number of nitrogens with two attached hydrogens (primary N) is 1. The molecule has 0 bridgehead atoms. The van der Waals surface area contributed by atoms with Crippen molar-refractivity contribution in [2.24, 2.45) is 0 Å². The van der Waals surface area contributed by atoms with E-state index >= 15 is 0 Å². The van der Waals surface area contributed by atoms with E-state index in [4.69, 9.17) is 11.0 Å². The number of anilines is 1. The average molecular weight is 363 g/mol. The van der Waals surface area contributed by atoms with Crippen LogP contribution in [-0.4, -0.2) is 24.7 Å². The van der Waals surface area contributed by atoms with Crippen LogP contribution in [-0.2, 0) is 6.54 Å². The standard InChI is InChI=1S/C18H11F2N7/c19-14-2-1-3-15(20)13(14)9-27-17-12(8-24-27)16(25-18(22)26-17)10-4-5-23-11(6-10)7-21/h1-6,8H,9H2,(H2,22,25,26). The second-order valence-corrected chi connectivity index (χ2v) is 5.71. The first-order chi connectivity index (χ1) is 13.1. The maximum atomic E-state index is 14.0. The highest BCUT2D eigenvalue weighted by molar-refractivity contribution is 5.91. The highest BCUT2D eigenvalue weighted by Gasteiger charge is 2.16. The van der Waals surface area contributed by atoms with E-state index in [-0.39, 0.29) is 23.8 Å². The highest BCUT2D eigenvalue weighted by atomic mass is 19.1. The van der Waals surface area contributed by atoms with Crippen molar-refractivity contribution in [3.05, 3.63) is 65.6 Å². The first-order valence-corrected chi connectivity index (χ1v) is 7.85. The van der Waals surface area contributed by atoms with Crippen LogP contribution < -0.4 is 5.73 Å². The summed E-state index contributed by atoms with van der Waals surface area (Å²) in [4.78, 5) is 12.3. The third-order valence-electron chi connectivity index (χ3n) is 4.03. The molecule has 1 aromatic carbocycles. The van der Waals surface area contributed by atoms with Gasteiger partial charge in [0.2, 0.25) is 5.95 Å². The van der Waals surface area contributed by atoms with E-state index in [2.05, 4.69) is 20.1 Å². The van der Waals surface area contributed by atoms with Gasteiger partial charge >= 0.3 is 0 Å². The second-order valence-electron chi connectivity index (χ2n) is 5.71. The summed E-state index contributed by atoms with van der Waals surface area (Å²) >= 11 is 0. The normalized spacial score (nSPS) is 10.9. The quantitative estimate of drug-likeness (QED) is 0.600. The van der Waals surface area contributed by atoms with E-state index < -0.39 is 11.6 Å². The molecule has 0 saturated heterocycles. The molecule has 2 N–H and O–H groups in total. The van der Waals surface area contributed by atoms with Crippen LogP contribution >= 0.6 is 0 Å². The fourth-order valence-electron chi connectivity index (χ4n) is 2.78. The predicted octanol–water partition coefficient (Wildman–Crippen LogP) is 2.67. The maximum absolute atomic E-state index is 14.0. The molecule has 0 aliphatic rings. The number of nitrogen functional groups attached to an aromatic ring is 1. The van der Waals surface area contributed by atoms with Crippen molar-refractivity contribution in [1.82, 2.24) is 24.7 Å². The van der Waals surface area contributed by atoms with Crippen molar-refractivity contribution >= 4 is 17.0 Å². The lowest BCUT2D eigenvalue weighted by Gasteiger charge is -2.08. The summed E-state index contributed by atoms with van der Waals surface area (Å²) in [5.41, 5.74) is 7.31. The number of nitriles is 1. The molecule has 3 heterocycles. The van der Waals surface area contributed by atoms with Crippen LogP contribution in [0.5, 0.6) is 0 Å². The lowest BCUT2D eigenvalue weighted by atomic mass is 10.1. The van der Waals surface area contributed by atoms with Gasteiger partial charge in [-0.15, -0.1) is 0 Å². The Labute approximate surface area is 151 Å². The SMILES string of the molecule is N#Cc1cc(-c2nc(N)nc3c2cnn3Cc2c(F)cccc2F)ccn1. The summed E-state index contributed by atoms with van der Waals surface area (Å²) in [5, 5.41) is 13.8. The molecule has 132 valence electrons. The highest BCUT2D eigenvalue weighted by Crippen LogP contribution is 2.27. The van der Waals surface area contributed by atoms with Crippen molar-refractivity contribution in [2.75, 3.05) is 5.73 Å². The first-order valence-electron chi connectivity index (χ1n) is 7.85. The molecule has 4 rings (SSSR count). The minimum Gasteiger partial charge on any atom is -0.368 e. The van der Waals surface area contributed by atoms with Crippen molar-refractivity contribution in [1.29, 1.82) is 5.26 Å². The molecule has 0 atom stereocenters. The molecule has 0 spiro atoms. The summed E-state index contributed by atoms with van der Waals surface area (Å²) in [6.45, 7) is -0.155. The van der Waals surface area contributed by atoms with E-state index in [1.54, 1.807) is 12.1 Å². The number of halogens is 2. The van der Waals surface area contributed by atoms with Gasteiger partial charge in [0.15, 0.2) is 5.65 Å². The van der Waals surface area contributed by atoms with Crippen molar-refractivity contribution in [3.63, 3.8) is 0 Å². The Hall–Kier alpha value is -3.93. The fourth-order valence-corrected chi connectivity index (χ4v) is 2.78. The molecule has 0 fully saturated rings. The molecular weight excluding hydrogens is 352 g/mol. The monoisotopic (exact) mass is 363 g/mol. The van der Waals surface area contributed by atoms with Gasteiger partial charge in [0.05, 0.1) is 23.8 Å². The van der Waals surface area contributed by atoms with E-state index in [1.165, 1.54) is 35.3 Å². The second kappa shape index (κ2) is 6.42. The zero-order valence-corrected chi connectivity index (χ0v) is 13.8. The van der Waals surface area contributed by atoms with Crippen LogP contribution in [0.1, 0.15) is 11.3 Å². The van der Waals surface area contributed by atoms with E-state index in [1.807, 2.05) is 6.07 Å². The fraction of sp³-hybridized carbons (Fsp3) is 0.0556. The predicted molar refractivity (Wildman–Crippen MR) is 93.1 cm³/mol. The van der Waals surface area contributed by atoms with Gasteiger partial charge in [0, 0.05) is 17.3 Å². The Morgan fingerprint density at radius 2 is 1.93 bits per heavy atom. The molecule has 4 aromatic rings. The zero-order valence-electron chi connectivity index (χ0n) is 13.8. The topological polar surface area (TPSA) is 106 Å². The first kappa shape index (κ1) is 16.5. The van der Waals surface area contributed by atoms with Gasteiger partial charge in [-0.1, -0.05) is 6.07 Å². The van der Waals surface area contributed by atoms with Crippen LogP contribution in [0, 0.1) is 23.0 Å². The number of hydrogen-bond acceptors (Lipinski definition) is 6. The van der Waals surface area contributed by atoms with E-state index in [0.717, 1.165) is 0 Å². The Balaban J connectivity index is 1.87. The van der Waals surface area contributed by atoms with Gasteiger partial charge in [0.25, 0.3) is 0 Å². The van der Waals surface area contributed by atoms with Crippen LogP contribution in [0.2, 0.25) is 0 Å². The molecule has 7 nitrogen and oxygen atoms in total. The molecule has 27 heavy (non-hydrogen) atoms. The molecule has 0 aliphatic heterocycles. The number of nitrogens with zero attached hydrogens (tertiary/aromatic N) is 6. The Bertz CT molecular complexity index is 1190. The van der Waals surface area contributed by atoms with Crippen LogP contribution in [0.4, 0.5) is 14.7 Å². The minimum absolute atomic E-state index is 0.0245.